The zero-order valence-corrected chi connectivity index (χ0v) is 19.9. The van der Waals surface area contributed by atoms with Gasteiger partial charge in [-0.15, -0.1) is 0 Å². The lowest BCUT2D eigenvalue weighted by atomic mass is 10.2. The Morgan fingerprint density at radius 3 is 1.80 bits per heavy atom. The van der Waals surface area contributed by atoms with Gasteiger partial charge in [-0.3, -0.25) is 19.0 Å². The number of methoxy groups -OCH3 is 2. The lowest BCUT2D eigenvalue weighted by molar-refractivity contribution is -0.143. The number of nitrogens with zero attached hydrogens (tertiary/aromatic N) is 2. The number of fused-ring (bicyclic) bond motifs is 2. The second-order valence-electron chi connectivity index (χ2n) is 7.40. The third kappa shape index (κ3) is 5.70. The molecule has 0 saturated carbocycles. The van der Waals surface area contributed by atoms with E-state index in [1.54, 1.807) is 13.0 Å². The van der Waals surface area contributed by atoms with Crippen molar-refractivity contribution in [1.82, 2.24) is 9.13 Å². The molecular formula is C26H28N2O7. The van der Waals surface area contributed by atoms with E-state index in [4.69, 9.17) is 19.3 Å². The number of carbonyl (C=O) groups is 1. The first-order chi connectivity index (χ1) is 16.9. The molecule has 0 aliphatic heterocycles. The predicted octanol–water partition coefficient (Wildman–Crippen LogP) is 2.58. The molecule has 0 bridgehead atoms. The van der Waals surface area contributed by atoms with Crippen LogP contribution in [0.15, 0.2) is 70.3 Å². The second-order valence-corrected chi connectivity index (χ2v) is 7.40. The Kier molecular flexibility index (Phi) is 8.63. The Labute approximate surface area is 201 Å². The lowest BCUT2D eigenvalue weighted by Crippen LogP contribution is -2.25. The first kappa shape index (κ1) is 25.5. The molecule has 0 radical (unpaired) electrons. The molecule has 0 saturated heterocycles. The number of aliphatic hydroxyl groups excluding tert-OH is 1. The Morgan fingerprint density at radius 1 is 0.829 bits per heavy atom. The van der Waals surface area contributed by atoms with Gasteiger partial charge in [0.15, 0.2) is 0 Å². The maximum atomic E-state index is 12.0. The summed E-state index contributed by atoms with van der Waals surface area (Å²) in [7, 11) is 3.05. The number of pyridine rings is 2. The number of rotatable bonds is 7. The molecule has 1 N–H and O–H groups in total. The van der Waals surface area contributed by atoms with Crippen LogP contribution in [0.5, 0.6) is 11.5 Å². The smallest absolute Gasteiger partial charge is 0.326 e. The summed E-state index contributed by atoms with van der Waals surface area (Å²) in [4.78, 5) is 35.4. The van der Waals surface area contributed by atoms with Crippen molar-refractivity contribution in [2.24, 2.45) is 0 Å². The Balaban J connectivity index is 0.000000198. The van der Waals surface area contributed by atoms with Crippen molar-refractivity contribution in [1.29, 1.82) is 0 Å². The third-order valence-electron chi connectivity index (χ3n) is 5.32. The Hall–Kier alpha value is -4.11. The molecule has 35 heavy (non-hydrogen) atoms. The molecule has 0 spiro atoms. The van der Waals surface area contributed by atoms with Crippen molar-refractivity contribution in [3.05, 3.63) is 81.4 Å². The first-order valence-electron chi connectivity index (χ1n) is 11.0. The second kappa shape index (κ2) is 11.8. The average Bonchev–Trinajstić information content (AvgIpc) is 2.87. The maximum Gasteiger partial charge on any atom is 0.326 e. The van der Waals surface area contributed by atoms with Gasteiger partial charge in [-0.25, -0.2) is 0 Å². The number of aromatic nitrogens is 2. The van der Waals surface area contributed by atoms with Crippen LogP contribution in [0.3, 0.4) is 0 Å². The summed E-state index contributed by atoms with van der Waals surface area (Å²) in [5, 5.41) is 10.6. The summed E-state index contributed by atoms with van der Waals surface area (Å²) in [6.07, 6.45) is 0. The van der Waals surface area contributed by atoms with Gasteiger partial charge in [-0.2, -0.15) is 0 Å². The van der Waals surface area contributed by atoms with E-state index in [0.29, 0.717) is 30.2 Å². The number of carbonyl (C=O) groups excluding carboxylic acids is 1. The molecule has 0 fully saturated rings. The Morgan fingerprint density at radius 2 is 1.31 bits per heavy atom. The molecule has 2 aromatic carbocycles. The molecule has 0 aliphatic rings. The largest absolute Gasteiger partial charge is 0.496 e. The van der Waals surface area contributed by atoms with Crippen LogP contribution >= 0.6 is 0 Å². The third-order valence-corrected chi connectivity index (χ3v) is 5.32. The number of aliphatic hydroxyl groups is 1. The normalized spacial score (nSPS) is 10.5. The summed E-state index contributed by atoms with van der Waals surface area (Å²) < 4.78 is 18.2. The summed E-state index contributed by atoms with van der Waals surface area (Å²) in [5.74, 6) is 0.635. The van der Waals surface area contributed by atoms with Crippen molar-refractivity contribution in [2.75, 3.05) is 27.4 Å². The molecule has 4 rings (SSSR count). The molecule has 0 atom stereocenters. The zero-order valence-electron chi connectivity index (χ0n) is 19.9. The minimum Gasteiger partial charge on any atom is -0.496 e. The van der Waals surface area contributed by atoms with E-state index < -0.39 is 5.97 Å². The average molecular weight is 481 g/mol. The fraction of sp³-hybridized carbons (Fsp3) is 0.269. The summed E-state index contributed by atoms with van der Waals surface area (Å²) in [6.45, 7) is 2.16. The minimum atomic E-state index is -0.431. The van der Waals surface area contributed by atoms with Crippen LogP contribution in [0.1, 0.15) is 6.92 Å². The standard InChI is InChI=1S/C14H15NO4.C12H13NO3/c1-3-19-14(17)9-15-11-7-5-4-6-10(11)12(18-2)8-13(15)16;1-16-11-8-12(15)13(6-7-14)10-5-3-2-4-9(10)11/h4-8H,3,9H2,1-2H3;2-5,8,14H,6-7H2,1H3. The van der Waals surface area contributed by atoms with Gasteiger partial charge in [0, 0.05) is 29.4 Å². The topological polar surface area (TPSA) is 109 Å². The fourth-order valence-electron chi connectivity index (χ4n) is 3.78. The summed E-state index contributed by atoms with van der Waals surface area (Å²) >= 11 is 0. The van der Waals surface area contributed by atoms with Gasteiger partial charge >= 0.3 is 5.97 Å². The predicted molar refractivity (Wildman–Crippen MR) is 133 cm³/mol. The maximum absolute atomic E-state index is 12.0. The van der Waals surface area contributed by atoms with Gasteiger partial charge in [0.05, 0.1) is 38.5 Å². The number of esters is 1. The van der Waals surface area contributed by atoms with Crippen LogP contribution < -0.4 is 20.6 Å². The lowest BCUT2D eigenvalue weighted by Gasteiger charge is -2.12. The van der Waals surface area contributed by atoms with E-state index in [-0.39, 0.29) is 24.3 Å². The van der Waals surface area contributed by atoms with Crippen molar-refractivity contribution >= 4 is 27.8 Å². The summed E-state index contributed by atoms with van der Waals surface area (Å²) in [6, 6.07) is 17.6. The van der Waals surface area contributed by atoms with Crippen LogP contribution in [-0.2, 0) is 22.6 Å². The van der Waals surface area contributed by atoms with Gasteiger partial charge in [0.25, 0.3) is 11.1 Å². The highest BCUT2D eigenvalue weighted by Crippen LogP contribution is 2.23. The van der Waals surface area contributed by atoms with Gasteiger partial charge in [-0.1, -0.05) is 24.3 Å². The highest BCUT2D eigenvalue weighted by molar-refractivity contribution is 5.86. The monoisotopic (exact) mass is 480 g/mol. The van der Waals surface area contributed by atoms with E-state index >= 15 is 0 Å². The van der Waals surface area contributed by atoms with E-state index in [1.165, 1.54) is 35.5 Å². The van der Waals surface area contributed by atoms with Gasteiger partial charge in [-0.05, 0) is 31.2 Å². The number of hydrogen-bond donors (Lipinski definition) is 1. The van der Waals surface area contributed by atoms with Crippen molar-refractivity contribution < 1.29 is 24.1 Å². The molecule has 0 unspecified atom stereocenters. The van der Waals surface area contributed by atoms with Crippen LogP contribution in [0.25, 0.3) is 21.8 Å². The number of hydrogen-bond acceptors (Lipinski definition) is 7. The molecule has 4 aromatic rings. The highest BCUT2D eigenvalue weighted by Gasteiger charge is 2.12. The Bertz CT molecular complexity index is 1440. The highest BCUT2D eigenvalue weighted by atomic mass is 16.5. The number of benzene rings is 2. The molecule has 0 aliphatic carbocycles. The zero-order chi connectivity index (χ0) is 25.4. The fourth-order valence-corrected chi connectivity index (χ4v) is 3.78. The molecule has 9 nitrogen and oxygen atoms in total. The van der Waals surface area contributed by atoms with E-state index in [0.717, 1.165) is 16.3 Å². The molecule has 2 heterocycles. The molecule has 0 amide bonds. The van der Waals surface area contributed by atoms with Crippen LogP contribution in [0.2, 0.25) is 0 Å². The van der Waals surface area contributed by atoms with Crippen LogP contribution in [-0.4, -0.2) is 47.6 Å². The quantitative estimate of drug-likeness (QED) is 0.405. The molecule has 2 aromatic heterocycles. The van der Waals surface area contributed by atoms with Crippen molar-refractivity contribution in [2.45, 2.75) is 20.0 Å². The van der Waals surface area contributed by atoms with Gasteiger partial charge < -0.3 is 23.9 Å². The van der Waals surface area contributed by atoms with E-state index in [1.807, 2.05) is 42.5 Å². The van der Waals surface area contributed by atoms with Crippen molar-refractivity contribution in [3.63, 3.8) is 0 Å². The van der Waals surface area contributed by atoms with E-state index in [2.05, 4.69) is 0 Å². The summed E-state index contributed by atoms with van der Waals surface area (Å²) in [5.41, 5.74) is 0.981. The number of para-hydroxylation sites is 2. The molecule has 184 valence electrons. The SMILES string of the molecule is CCOC(=O)Cn1c(=O)cc(OC)c2ccccc21.COc1cc(=O)n(CCO)c2ccccc12. The van der Waals surface area contributed by atoms with E-state index in [9.17, 15) is 14.4 Å². The minimum absolute atomic E-state index is 0.0593. The van der Waals surface area contributed by atoms with Gasteiger partial charge in [0.2, 0.25) is 0 Å². The molecular weight excluding hydrogens is 452 g/mol. The number of ether oxygens (including phenoxy) is 3. The van der Waals surface area contributed by atoms with Crippen LogP contribution in [0.4, 0.5) is 0 Å². The first-order valence-corrected chi connectivity index (χ1v) is 11.0. The molecule has 9 heteroatoms. The van der Waals surface area contributed by atoms with Gasteiger partial charge in [0.1, 0.15) is 18.0 Å². The van der Waals surface area contributed by atoms with Crippen molar-refractivity contribution in [3.8, 4) is 11.5 Å². The van der Waals surface area contributed by atoms with Crippen LogP contribution in [0, 0.1) is 0 Å².